The van der Waals surface area contributed by atoms with E-state index in [1.807, 2.05) is 13.8 Å². The molecule has 0 aliphatic rings. The monoisotopic (exact) mass is 300 g/mol. The molecule has 0 heterocycles. The molecule has 2 N–H and O–H groups in total. The minimum absolute atomic E-state index is 0.0873. The van der Waals surface area contributed by atoms with Crippen LogP contribution in [0.5, 0.6) is 0 Å². The molecule has 20 heavy (non-hydrogen) atoms. The molecule has 1 aromatic carbocycles. The summed E-state index contributed by atoms with van der Waals surface area (Å²) in [5.41, 5.74) is 0.544. The Morgan fingerprint density at radius 3 is 2.60 bits per heavy atom. The standard InChI is InChI=1S/C13H17ClN2O4/c1-8(2)5-12(13(17)18)15-7-9-3-4-10(16(19)20)6-11(9)14/h3-4,6,8,12,15H,5,7H2,1-2H3,(H,17,18)/t12-/m0/s1. The van der Waals surface area contributed by atoms with Crippen molar-refractivity contribution < 1.29 is 14.8 Å². The fourth-order valence-corrected chi connectivity index (χ4v) is 2.01. The lowest BCUT2D eigenvalue weighted by molar-refractivity contribution is -0.384. The third-order valence-corrected chi connectivity index (χ3v) is 3.14. The molecule has 6 nitrogen and oxygen atoms in total. The van der Waals surface area contributed by atoms with Crippen LogP contribution in [0.25, 0.3) is 0 Å². The number of carbonyl (C=O) groups is 1. The molecular weight excluding hydrogens is 284 g/mol. The number of carboxylic acid groups (broad SMARTS) is 1. The van der Waals surface area contributed by atoms with Crippen molar-refractivity contribution >= 4 is 23.3 Å². The molecule has 0 bridgehead atoms. The van der Waals surface area contributed by atoms with Gasteiger partial charge in [0.1, 0.15) is 6.04 Å². The van der Waals surface area contributed by atoms with Crippen molar-refractivity contribution in [3.05, 3.63) is 38.9 Å². The van der Waals surface area contributed by atoms with Gasteiger partial charge in [0.05, 0.1) is 9.95 Å². The number of halogens is 1. The van der Waals surface area contributed by atoms with E-state index in [9.17, 15) is 14.9 Å². The first-order valence-electron chi connectivity index (χ1n) is 6.20. The van der Waals surface area contributed by atoms with E-state index < -0.39 is 16.9 Å². The molecule has 0 fully saturated rings. The van der Waals surface area contributed by atoms with E-state index >= 15 is 0 Å². The molecule has 0 saturated carbocycles. The summed E-state index contributed by atoms with van der Waals surface area (Å²) in [5.74, 6) is -0.673. The van der Waals surface area contributed by atoms with Gasteiger partial charge < -0.3 is 10.4 Å². The van der Waals surface area contributed by atoms with Gasteiger partial charge in [-0.05, 0) is 24.0 Å². The van der Waals surface area contributed by atoms with Crippen LogP contribution >= 0.6 is 11.6 Å². The molecule has 0 amide bonds. The van der Waals surface area contributed by atoms with Crippen LogP contribution < -0.4 is 5.32 Å². The first-order chi connectivity index (χ1) is 9.31. The molecule has 0 unspecified atom stereocenters. The first kappa shape index (κ1) is 16.4. The van der Waals surface area contributed by atoms with Gasteiger partial charge in [0, 0.05) is 18.7 Å². The average Bonchev–Trinajstić information content (AvgIpc) is 2.34. The second kappa shape index (κ2) is 7.21. The third-order valence-electron chi connectivity index (χ3n) is 2.79. The molecule has 110 valence electrons. The smallest absolute Gasteiger partial charge is 0.320 e. The van der Waals surface area contributed by atoms with Gasteiger partial charge in [0.2, 0.25) is 0 Å². The molecule has 0 spiro atoms. The predicted octanol–water partition coefficient (Wildman–Crippen LogP) is 2.84. The van der Waals surface area contributed by atoms with Gasteiger partial charge in [-0.3, -0.25) is 14.9 Å². The van der Waals surface area contributed by atoms with E-state index in [1.54, 1.807) is 0 Å². The number of nitro groups is 1. The Hall–Kier alpha value is -1.66. The van der Waals surface area contributed by atoms with Gasteiger partial charge in [-0.2, -0.15) is 0 Å². The molecule has 7 heteroatoms. The van der Waals surface area contributed by atoms with Crippen LogP contribution in [-0.4, -0.2) is 22.0 Å². The zero-order valence-corrected chi connectivity index (χ0v) is 12.1. The molecule has 0 radical (unpaired) electrons. The van der Waals surface area contributed by atoms with Crippen molar-refractivity contribution in [2.24, 2.45) is 5.92 Å². The Morgan fingerprint density at radius 1 is 1.50 bits per heavy atom. The fourth-order valence-electron chi connectivity index (χ4n) is 1.77. The van der Waals surface area contributed by atoms with Crippen molar-refractivity contribution in [1.82, 2.24) is 5.32 Å². The number of benzene rings is 1. The molecule has 0 aliphatic carbocycles. The second-order valence-electron chi connectivity index (χ2n) is 4.93. The summed E-state index contributed by atoms with van der Waals surface area (Å²) in [6.07, 6.45) is 0.500. The maximum absolute atomic E-state index is 11.1. The first-order valence-corrected chi connectivity index (χ1v) is 6.58. The highest BCUT2D eigenvalue weighted by Gasteiger charge is 2.19. The summed E-state index contributed by atoms with van der Waals surface area (Å²) in [4.78, 5) is 21.2. The molecule has 0 saturated heterocycles. The van der Waals surface area contributed by atoms with Crippen LogP contribution in [0.4, 0.5) is 5.69 Å². The fraction of sp³-hybridized carbons (Fsp3) is 0.462. The number of hydrogen-bond donors (Lipinski definition) is 2. The molecule has 0 aliphatic heterocycles. The van der Waals surface area contributed by atoms with E-state index in [2.05, 4.69) is 5.32 Å². The minimum atomic E-state index is -0.920. The number of aliphatic carboxylic acids is 1. The Labute approximate surface area is 121 Å². The van der Waals surface area contributed by atoms with E-state index in [0.717, 1.165) is 0 Å². The summed E-state index contributed by atoms with van der Waals surface area (Å²) < 4.78 is 0. The minimum Gasteiger partial charge on any atom is -0.480 e. The average molecular weight is 301 g/mol. The molecule has 1 atom stereocenters. The topological polar surface area (TPSA) is 92.5 Å². The summed E-state index contributed by atoms with van der Waals surface area (Å²) in [6, 6.07) is 3.47. The summed E-state index contributed by atoms with van der Waals surface area (Å²) in [5, 5.41) is 22.8. The number of nitro benzene ring substituents is 1. The van der Waals surface area contributed by atoms with Gasteiger partial charge >= 0.3 is 5.97 Å². The van der Waals surface area contributed by atoms with Crippen molar-refractivity contribution in [3.8, 4) is 0 Å². The van der Waals surface area contributed by atoms with E-state index in [-0.39, 0.29) is 23.2 Å². The third kappa shape index (κ3) is 4.79. The number of rotatable bonds is 7. The van der Waals surface area contributed by atoms with Gasteiger partial charge in [-0.15, -0.1) is 0 Å². The van der Waals surface area contributed by atoms with Crippen LogP contribution in [0.1, 0.15) is 25.8 Å². The normalized spacial score (nSPS) is 12.4. The lowest BCUT2D eigenvalue weighted by Gasteiger charge is -2.16. The van der Waals surface area contributed by atoms with Crippen molar-refractivity contribution in [1.29, 1.82) is 0 Å². The quantitative estimate of drug-likeness (QED) is 0.596. The van der Waals surface area contributed by atoms with Gasteiger partial charge in [-0.25, -0.2) is 0 Å². The molecular formula is C13H17ClN2O4. The van der Waals surface area contributed by atoms with E-state index in [4.69, 9.17) is 16.7 Å². The van der Waals surface area contributed by atoms with Crippen LogP contribution in [0.3, 0.4) is 0 Å². The number of non-ortho nitro benzene ring substituents is 1. The summed E-state index contributed by atoms with van der Waals surface area (Å²) >= 11 is 5.95. The maximum Gasteiger partial charge on any atom is 0.320 e. The van der Waals surface area contributed by atoms with Crippen LogP contribution in [0.2, 0.25) is 5.02 Å². The van der Waals surface area contributed by atoms with Gasteiger partial charge in [0.15, 0.2) is 0 Å². The van der Waals surface area contributed by atoms with E-state index in [1.165, 1.54) is 18.2 Å². The predicted molar refractivity (Wildman–Crippen MR) is 75.8 cm³/mol. The Morgan fingerprint density at radius 2 is 2.15 bits per heavy atom. The second-order valence-corrected chi connectivity index (χ2v) is 5.34. The summed E-state index contributed by atoms with van der Waals surface area (Å²) in [6.45, 7) is 4.13. The zero-order valence-electron chi connectivity index (χ0n) is 11.3. The highest BCUT2D eigenvalue weighted by molar-refractivity contribution is 6.31. The van der Waals surface area contributed by atoms with Crippen molar-refractivity contribution in [3.63, 3.8) is 0 Å². The zero-order chi connectivity index (χ0) is 15.3. The highest BCUT2D eigenvalue weighted by atomic mass is 35.5. The van der Waals surface area contributed by atoms with Gasteiger partial charge in [-0.1, -0.05) is 25.4 Å². The number of hydrogen-bond acceptors (Lipinski definition) is 4. The molecule has 1 aromatic rings. The largest absolute Gasteiger partial charge is 0.480 e. The molecule has 0 aromatic heterocycles. The Bertz CT molecular complexity index is 505. The number of nitrogens with one attached hydrogen (secondary N) is 1. The number of nitrogens with zero attached hydrogens (tertiary/aromatic N) is 1. The SMILES string of the molecule is CC(C)C[C@H](NCc1ccc([N+](=O)[O-])cc1Cl)C(=O)O. The Kier molecular flexibility index (Phi) is 5.91. The Balaban J connectivity index is 2.73. The van der Waals surface area contributed by atoms with E-state index in [0.29, 0.717) is 12.0 Å². The molecule has 1 rings (SSSR count). The number of carboxylic acids is 1. The van der Waals surface area contributed by atoms with Gasteiger partial charge in [0.25, 0.3) is 5.69 Å². The lowest BCUT2D eigenvalue weighted by Crippen LogP contribution is -2.37. The van der Waals surface area contributed by atoms with Crippen LogP contribution in [-0.2, 0) is 11.3 Å². The van der Waals surface area contributed by atoms with Crippen LogP contribution in [0.15, 0.2) is 18.2 Å². The highest BCUT2D eigenvalue weighted by Crippen LogP contribution is 2.22. The van der Waals surface area contributed by atoms with Crippen LogP contribution in [0, 0.1) is 16.0 Å². The summed E-state index contributed by atoms with van der Waals surface area (Å²) in [7, 11) is 0. The lowest BCUT2D eigenvalue weighted by atomic mass is 10.0. The maximum atomic E-state index is 11.1. The van der Waals surface area contributed by atoms with Crippen molar-refractivity contribution in [2.75, 3.05) is 0 Å². The van der Waals surface area contributed by atoms with Crippen molar-refractivity contribution in [2.45, 2.75) is 32.9 Å².